The second kappa shape index (κ2) is 7.89. The van der Waals surface area contributed by atoms with E-state index < -0.39 is 5.91 Å². The molecular formula is C22H19FN4O. The number of benzene rings is 2. The second-order valence-electron chi connectivity index (χ2n) is 6.46. The number of amides is 1. The summed E-state index contributed by atoms with van der Waals surface area (Å²) in [6, 6.07) is 15.2. The van der Waals surface area contributed by atoms with Crippen molar-refractivity contribution in [3.8, 4) is 11.8 Å². The first kappa shape index (κ1) is 19.1. The van der Waals surface area contributed by atoms with E-state index >= 15 is 0 Å². The molecule has 6 heteroatoms. The van der Waals surface area contributed by atoms with E-state index in [1.807, 2.05) is 32.0 Å². The maximum Gasteiger partial charge on any atom is 0.266 e. The third kappa shape index (κ3) is 3.99. The van der Waals surface area contributed by atoms with Crippen LogP contribution in [-0.4, -0.2) is 15.7 Å². The average molecular weight is 374 g/mol. The van der Waals surface area contributed by atoms with Gasteiger partial charge < -0.3 is 5.32 Å². The molecule has 1 N–H and O–H groups in total. The van der Waals surface area contributed by atoms with Gasteiger partial charge in [-0.2, -0.15) is 10.4 Å². The monoisotopic (exact) mass is 374 g/mol. The number of hydrogen-bond acceptors (Lipinski definition) is 3. The molecule has 0 atom stereocenters. The lowest BCUT2D eigenvalue weighted by atomic mass is 10.1. The van der Waals surface area contributed by atoms with Crippen molar-refractivity contribution in [2.75, 3.05) is 5.32 Å². The van der Waals surface area contributed by atoms with E-state index in [4.69, 9.17) is 0 Å². The van der Waals surface area contributed by atoms with Gasteiger partial charge in [0, 0.05) is 16.9 Å². The zero-order chi connectivity index (χ0) is 20.3. The van der Waals surface area contributed by atoms with Crippen LogP contribution >= 0.6 is 0 Å². The fourth-order valence-corrected chi connectivity index (χ4v) is 2.83. The van der Waals surface area contributed by atoms with Crippen molar-refractivity contribution in [1.82, 2.24) is 9.78 Å². The van der Waals surface area contributed by atoms with Gasteiger partial charge in [-0.05, 0) is 63.2 Å². The van der Waals surface area contributed by atoms with Crippen LogP contribution in [0.5, 0.6) is 0 Å². The second-order valence-corrected chi connectivity index (χ2v) is 6.46. The van der Waals surface area contributed by atoms with E-state index in [1.54, 1.807) is 35.9 Å². The Balaban J connectivity index is 1.92. The predicted molar refractivity (Wildman–Crippen MR) is 106 cm³/mol. The molecule has 0 aliphatic carbocycles. The Kier molecular flexibility index (Phi) is 5.37. The summed E-state index contributed by atoms with van der Waals surface area (Å²) >= 11 is 0. The number of nitriles is 1. The first-order valence-electron chi connectivity index (χ1n) is 8.71. The molecule has 1 heterocycles. The summed E-state index contributed by atoms with van der Waals surface area (Å²) in [7, 11) is 0. The number of carbonyl (C=O) groups excluding carboxylic acids is 1. The van der Waals surface area contributed by atoms with Crippen molar-refractivity contribution in [3.05, 3.63) is 82.4 Å². The minimum Gasteiger partial charge on any atom is -0.321 e. The number of aromatic nitrogens is 2. The fraction of sp³-hybridized carbons (Fsp3) is 0.136. The largest absolute Gasteiger partial charge is 0.321 e. The molecule has 140 valence electrons. The molecule has 0 saturated carbocycles. The van der Waals surface area contributed by atoms with Crippen LogP contribution in [0.2, 0.25) is 0 Å². The first-order chi connectivity index (χ1) is 13.4. The Hall–Kier alpha value is -3.72. The van der Waals surface area contributed by atoms with E-state index in [-0.39, 0.29) is 11.4 Å². The van der Waals surface area contributed by atoms with Gasteiger partial charge in [0.25, 0.3) is 5.91 Å². The average Bonchev–Trinajstić information content (AvgIpc) is 2.96. The number of rotatable bonds is 4. The van der Waals surface area contributed by atoms with Crippen molar-refractivity contribution >= 4 is 17.7 Å². The maximum atomic E-state index is 13.2. The maximum absolute atomic E-state index is 13.2. The highest BCUT2D eigenvalue weighted by Gasteiger charge is 2.15. The zero-order valence-electron chi connectivity index (χ0n) is 15.8. The molecule has 0 aliphatic heterocycles. The molecule has 0 spiro atoms. The van der Waals surface area contributed by atoms with Gasteiger partial charge in [0.1, 0.15) is 17.5 Å². The topological polar surface area (TPSA) is 70.7 Å². The molecule has 0 aliphatic rings. The Bertz CT molecular complexity index is 1090. The number of aryl methyl sites for hydroxylation is 2. The van der Waals surface area contributed by atoms with E-state index in [1.165, 1.54) is 18.2 Å². The van der Waals surface area contributed by atoms with Gasteiger partial charge in [0.05, 0.1) is 11.4 Å². The van der Waals surface area contributed by atoms with Gasteiger partial charge in [-0.3, -0.25) is 4.79 Å². The summed E-state index contributed by atoms with van der Waals surface area (Å²) in [6.07, 6.45) is 1.53. The molecule has 5 nitrogen and oxygen atoms in total. The quantitative estimate of drug-likeness (QED) is 0.541. The van der Waals surface area contributed by atoms with Crippen LogP contribution in [0.15, 0.2) is 54.1 Å². The van der Waals surface area contributed by atoms with E-state index in [2.05, 4.69) is 10.4 Å². The zero-order valence-corrected chi connectivity index (χ0v) is 15.8. The molecule has 1 amide bonds. The minimum absolute atomic E-state index is 0.0227. The van der Waals surface area contributed by atoms with Crippen molar-refractivity contribution in [2.24, 2.45) is 0 Å². The number of hydrogen-bond donors (Lipinski definition) is 1. The number of nitrogens with one attached hydrogen (secondary N) is 1. The summed E-state index contributed by atoms with van der Waals surface area (Å²) in [5, 5.41) is 16.7. The van der Waals surface area contributed by atoms with Crippen molar-refractivity contribution in [1.29, 1.82) is 5.26 Å². The van der Waals surface area contributed by atoms with Gasteiger partial charge in [-0.1, -0.05) is 17.7 Å². The van der Waals surface area contributed by atoms with Gasteiger partial charge in [0.15, 0.2) is 0 Å². The summed E-state index contributed by atoms with van der Waals surface area (Å²) in [5.74, 6) is -0.815. The minimum atomic E-state index is -0.486. The highest BCUT2D eigenvalue weighted by atomic mass is 19.1. The number of halogens is 1. The van der Waals surface area contributed by atoms with Crippen LogP contribution in [0.1, 0.15) is 22.5 Å². The molecule has 0 bridgehead atoms. The standard InChI is InChI=1S/C22H19FN4O/c1-14-4-8-19(9-5-14)25-22(28)17(13-24)12-21-15(2)26-27(16(21)3)20-10-6-18(23)7-11-20/h4-12H,1-3H3,(H,25,28)/b17-12-. The first-order valence-corrected chi connectivity index (χ1v) is 8.71. The van der Waals surface area contributed by atoms with Gasteiger partial charge in [-0.15, -0.1) is 0 Å². The molecule has 3 aromatic rings. The molecule has 1 aromatic heterocycles. The number of carbonyl (C=O) groups is 1. The van der Waals surface area contributed by atoms with E-state index in [0.29, 0.717) is 22.6 Å². The third-order valence-corrected chi connectivity index (χ3v) is 4.38. The number of nitrogens with zero attached hydrogens (tertiary/aromatic N) is 3. The van der Waals surface area contributed by atoms with Crippen LogP contribution in [-0.2, 0) is 4.79 Å². The molecule has 0 saturated heterocycles. The fourth-order valence-electron chi connectivity index (χ4n) is 2.83. The third-order valence-electron chi connectivity index (χ3n) is 4.38. The summed E-state index contributed by atoms with van der Waals surface area (Å²) in [5.41, 5.74) is 4.47. The molecule has 0 fully saturated rings. The summed E-state index contributed by atoms with van der Waals surface area (Å²) in [4.78, 5) is 12.5. The van der Waals surface area contributed by atoms with Gasteiger partial charge in [-0.25, -0.2) is 9.07 Å². The smallest absolute Gasteiger partial charge is 0.266 e. The van der Waals surface area contributed by atoms with Gasteiger partial charge in [0.2, 0.25) is 0 Å². The Labute approximate surface area is 162 Å². The molecule has 0 unspecified atom stereocenters. The number of anilines is 1. The molecule has 2 aromatic carbocycles. The van der Waals surface area contributed by atoms with Crippen molar-refractivity contribution in [3.63, 3.8) is 0 Å². The molecule has 0 radical (unpaired) electrons. The Morgan fingerprint density at radius 2 is 1.75 bits per heavy atom. The predicted octanol–water partition coefficient (Wildman–Crippen LogP) is 4.48. The van der Waals surface area contributed by atoms with Crippen LogP contribution in [0.4, 0.5) is 10.1 Å². The molecule has 28 heavy (non-hydrogen) atoms. The molecule has 3 rings (SSSR count). The van der Waals surface area contributed by atoms with Crippen molar-refractivity contribution in [2.45, 2.75) is 20.8 Å². The van der Waals surface area contributed by atoms with Crippen LogP contribution in [0, 0.1) is 37.9 Å². The van der Waals surface area contributed by atoms with E-state index in [9.17, 15) is 14.4 Å². The Morgan fingerprint density at radius 1 is 1.11 bits per heavy atom. The summed E-state index contributed by atoms with van der Waals surface area (Å²) < 4.78 is 14.8. The van der Waals surface area contributed by atoms with E-state index in [0.717, 1.165) is 11.3 Å². The van der Waals surface area contributed by atoms with Gasteiger partial charge >= 0.3 is 0 Å². The Morgan fingerprint density at radius 3 is 2.36 bits per heavy atom. The normalized spacial score (nSPS) is 11.2. The van der Waals surface area contributed by atoms with Crippen molar-refractivity contribution < 1.29 is 9.18 Å². The lowest BCUT2D eigenvalue weighted by Gasteiger charge is -2.06. The lowest BCUT2D eigenvalue weighted by Crippen LogP contribution is -2.13. The van der Waals surface area contributed by atoms with Crippen LogP contribution < -0.4 is 5.32 Å². The highest BCUT2D eigenvalue weighted by molar-refractivity contribution is 6.09. The SMILES string of the molecule is Cc1ccc(NC(=O)/C(C#N)=C\c2c(C)nn(-c3ccc(F)cc3)c2C)cc1. The van der Waals surface area contributed by atoms with Crippen LogP contribution in [0.3, 0.4) is 0 Å². The van der Waals surface area contributed by atoms with Crippen LogP contribution in [0.25, 0.3) is 11.8 Å². The highest BCUT2D eigenvalue weighted by Crippen LogP contribution is 2.21. The molecular weight excluding hydrogens is 355 g/mol. The summed E-state index contributed by atoms with van der Waals surface area (Å²) in [6.45, 7) is 5.59. The lowest BCUT2D eigenvalue weighted by molar-refractivity contribution is -0.112.